The Morgan fingerprint density at radius 1 is 1.13 bits per heavy atom. The van der Waals surface area contributed by atoms with Crippen molar-refractivity contribution in [2.24, 2.45) is 17.6 Å². The number of Topliss-reactive ketones (excluding diaryl/α,β-unsaturated/α-hetero) is 2. The summed E-state index contributed by atoms with van der Waals surface area (Å²) in [7, 11) is 3.17. The Kier molecular flexibility index (Phi) is 6.61. The van der Waals surface area contributed by atoms with Crippen LogP contribution in [0.1, 0.15) is 55.2 Å². The molecule has 5 rings (SSSR count). The fraction of sp³-hybridized carbons (Fsp3) is 0.536. The van der Waals surface area contributed by atoms with Gasteiger partial charge in [0.2, 0.25) is 5.78 Å². The lowest BCUT2D eigenvalue weighted by atomic mass is 9.57. The van der Waals surface area contributed by atoms with E-state index in [0.29, 0.717) is 24.6 Å². The molecule has 0 unspecified atom stereocenters. The SMILES string of the molecule is CN(C)[C@@H]1C(=O)C(C(N)=O)=C(O)[C@@]2(O)C(=O)C3=C(O)c4c(O)ccc(CNC5CCCCC5)c4C[C@H]3C[C@@H]12. The van der Waals surface area contributed by atoms with Crippen LogP contribution in [0.2, 0.25) is 0 Å². The first-order valence-electron chi connectivity index (χ1n) is 13.2. The predicted octanol–water partition coefficient (Wildman–Crippen LogP) is 1.39. The Hall–Kier alpha value is -3.21. The number of carbonyl (C=O) groups is 3. The predicted molar refractivity (Wildman–Crippen MR) is 138 cm³/mol. The van der Waals surface area contributed by atoms with E-state index in [1.165, 1.54) is 30.2 Å². The van der Waals surface area contributed by atoms with Gasteiger partial charge in [0.15, 0.2) is 11.4 Å². The lowest BCUT2D eigenvalue weighted by Gasteiger charge is -2.50. The van der Waals surface area contributed by atoms with Gasteiger partial charge in [-0.3, -0.25) is 19.3 Å². The number of nitrogens with one attached hydrogen (secondary N) is 1. The Morgan fingerprint density at radius 2 is 1.82 bits per heavy atom. The van der Waals surface area contributed by atoms with Crippen LogP contribution >= 0.6 is 0 Å². The number of phenols is 1. The fourth-order valence-electron chi connectivity index (χ4n) is 7.03. The van der Waals surface area contributed by atoms with Gasteiger partial charge < -0.3 is 31.5 Å². The Labute approximate surface area is 220 Å². The summed E-state index contributed by atoms with van der Waals surface area (Å²) in [6, 6.07) is 2.59. The molecule has 0 heterocycles. The first kappa shape index (κ1) is 26.4. The molecule has 0 aromatic heterocycles. The third kappa shape index (κ3) is 3.85. The molecule has 204 valence electrons. The molecule has 4 aliphatic rings. The summed E-state index contributed by atoms with van der Waals surface area (Å²) in [4.78, 5) is 40.6. The number of amides is 1. The van der Waals surface area contributed by atoms with Crippen molar-refractivity contribution in [2.75, 3.05) is 14.1 Å². The molecule has 4 atom stereocenters. The lowest BCUT2D eigenvalue weighted by Crippen LogP contribution is -2.65. The highest BCUT2D eigenvalue weighted by molar-refractivity contribution is 6.24. The van der Waals surface area contributed by atoms with Crippen LogP contribution in [0.15, 0.2) is 29.0 Å². The summed E-state index contributed by atoms with van der Waals surface area (Å²) in [6.07, 6.45) is 6.16. The number of benzene rings is 1. The van der Waals surface area contributed by atoms with Crippen LogP contribution in [-0.2, 0) is 27.3 Å². The molecule has 0 spiro atoms. The maximum Gasteiger partial charge on any atom is 0.255 e. The Balaban J connectivity index is 1.60. The smallest absolute Gasteiger partial charge is 0.255 e. The van der Waals surface area contributed by atoms with Gasteiger partial charge in [-0.15, -0.1) is 0 Å². The van der Waals surface area contributed by atoms with Crippen molar-refractivity contribution in [1.82, 2.24) is 10.2 Å². The van der Waals surface area contributed by atoms with Gasteiger partial charge in [0, 0.05) is 24.1 Å². The second-order valence-corrected chi connectivity index (χ2v) is 11.3. The van der Waals surface area contributed by atoms with E-state index in [0.717, 1.165) is 18.4 Å². The van der Waals surface area contributed by atoms with Gasteiger partial charge in [-0.05, 0) is 62.9 Å². The zero-order chi connectivity index (χ0) is 27.5. The largest absolute Gasteiger partial charge is 0.508 e. The molecule has 1 aromatic rings. The van der Waals surface area contributed by atoms with E-state index in [-0.39, 0.29) is 23.3 Å². The number of nitrogens with two attached hydrogens (primary N) is 1. The molecule has 2 fully saturated rings. The van der Waals surface area contributed by atoms with Gasteiger partial charge in [0.05, 0.1) is 11.6 Å². The summed E-state index contributed by atoms with van der Waals surface area (Å²) < 4.78 is 0. The molecule has 0 radical (unpaired) electrons. The number of fused-ring (bicyclic) bond motifs is 3. The van der Waals surface area contributed by atoms with E-state index in [4.69, 9.17) is 5.73 Å². The van der Waals surface area contributed by atoms with Gasteiger partial charge in [-0.2, -0.15) is 0 Å². The average molecular weight is 526 g/mol. The van der Waals surface area contributed by atoms with E-state index in [9.17, 15) is 34.8 Å². The van der Waals surface area contributed by atoms with Crippen molar-refractivity contribution >= 4 is 23.2 Å². The van der Waals surface area contributed by atoms with Crippen LogP contribution in [0.25, 0.3) is 5.76 Å². The minimum atomic E-state index is -2.62. The minimum Gasteiger partial charge on any atom is -0.508 e. The Bertz CT molecular complexity index is 1280. The van der Waals surface area contributed by atoms with Crippen LogP contribution < -0.4 is 11.1 Å². The fourth-order valence-corrected chi connectivity index (χ4v) is 7.03. The quantitative estimate of drug-likeness (QED) is 0.311. The third-order valence-electron chi connectivity index (χ3n) is 8.89. The van der Waals surface area contributed by atoms with Crippen molar-refractivity contribution in [3.8, 4) is 5.75 Å². The van der Waals surface area contributed by atoms with Crippen LogP contribution in [0, 0.1) is 11.8 Å². The molecule has 0 saturated heterocycles. The molecule has 7 N–H and O–H groups in total. The maximum atomic E-state index is 13.9. The molecule has 1 amide bonds. The second kappa shape index (κ2) is 9.52. The molecule has 0 aliphatic heterocycles. The number of primary amides is 1. The first-order chi connectivity index (χ1) is 18.0. The third-order valence-corrected chi connectivity index (χ3v) is 8.89. The van der Waals surface area contributed by atoms with Crippen LogP contribution in [0.5, 0.6) is 5.75 Å². The number of hydrogen-bond acceptors (Lipinski definition) is 9. The second-order valence-electron chi connectivity index (χ2n) is 11.3. The molecule has 4 aliphatic carbocycles. The zero-order valence-electron chi connectivity index (χ0n) is 21.7. The number of hydrogen-bond donors (Lipinski definition) is 6. The summed E-state index contributed by atoms with van der Waals surface area (Å²) >= 11 is 0. The monoisotopic (exact) mass is 525 g/mol. The number of aliphatic hydroxyl groups excluding tert-OH is 2. The summed E-state index contributed by atoms with van der Waals surface area (Å²) in [5.74, 6) is -6.40. The van der Waals surface area contributed by atoms with Crippen molar-refractivity contribution in [1.29, 1.82) is 0 Å². The molecule has 10 nitrogen and oxygen atoms in total. The van der Waals surface area contributed by atoms with Crippen LogP contribution in [0.3, 0.4) is 0 Å². The highest BCUT2D eigenvalue weighted by Crippen LogP contribution is 2.52. The molecular weight excluding hydrogens is 490 g/mol. The topological polar surface area (TPSA) is 173 Å². The molecule has 10 heteroatoms. The zero-order valence-corrected chi connectivity index (χ0v) is 21.7. The van der Waals surface area contributed by atoms with Crippen LogP contribution in [-0.4, -0.2) is 74.6 Å². The van der Waals surface area contributed by atoms with Gasteiger partial charge in [-0.25, -0.2) is 0 Å². The number of nitrogens with zero attached hydrogens (tertiary/aromatic N) is 1. The molecule has 38 heavy (non-hydrogen) atoms. The number of phenolic OH excluding ortho intramolecular Hbond substituents is 1. The van der Waals surface area contributed by atoms with E-state index in [1.807, 2.05) is 6.07 Å². The van der Waals surface area contributed by atoms with Gasteiger partial charge in [0.1, 0.15) is 22.8 Å². The molecule has 2 saturated carbocycles. The Morgan fingerprint density at radius 3 is 2.45 bits per heavy atom. The first-order valence-corrected chi connectivity index (χ1v) is 13.2. The molecular formula is C28H35N3O7. The number of rotatable bonds is 5. The van der Waals surface area contributed by atoms with Crippen LogP contribution in [0.4, 0.5) is 0 Å². The van der Waals surface area contributed by atoms with Gasteiger partial charge in [0.25, 0.3) is 5.91 Å². The lowest BCUT2D eigenvalue weighted by molar-refractivity contribution is -0.153. The standard InChI is InChI=1S/C28H35N3O7/c1-31(2)22-17-11-14-10-16-13(12-30-15-6-4-3-5-7-15)8-9-18(32)20(16)23(33)19(14)25(35)28(17,38)26(36)21(24(22)34)27(29)37/h8-9,14-15,17,22,30,32-33,36,38H,3-7,10-12H2,1-2H3,(H2,29,37)/t14-,17-,22-,28-/m0/s1. The van der Waals surface area contributed by atoms with Crippen molar-refractivity contribution in [3.05, 3.63) is 45.7 Å². The minimum absolute atomic E-state index is 0.0803. The van der Waals surface area contributed by atoms with E-state index in [2.05, 4.69) is 5.32 Å². The maximum absolute atomic E-state index is 13.9. The van der Waals surface area contributed by atoms with E-state index >= 15 is 0 Å². The van der Waals surface area contributed by atoms with Crippen molar-refractivity contribution < 1.29 is 34.8 Å². The number of aromatic hydroxyl groups is 1. The van der Waals surface area contributed by atoms with E-state index < -0.39 is 58.0 Å². The highest BCUT2D eigenvalue weighted by Gasteiger charge is 2.64. The molecule has 0 bridgehead atoms. The summed E-state index contributed by atoms with van der Waals surface area (Å²) in [5.41, 5.74) is 3.52. The van der Waals surface area contributed by atoms with Crippen molar-refractivity contribution in [3.63, 3.8) is 0 Å². The number of likely N-dealkylation sites (N-methyl/N-ethyl adjacent to an activating group) is 1. The number of carbonyl (C=O) groups excluding carboxylic acids is 3. The number of aliphatic hydroxyl groups is 3. The summed E-state index contributed by atoms with van der Waals surface area (Å²) in [5, 5.41) is 48.2. The highest BCUT2D eigenvalue weighted by atomic mass is 16.3. The van der Waals surface area contributed by atoms with Gasteiger partial charge >= 0.3 is 0 Å². The number of ketones is 2. The van der Waals surface area contributed by atoms with Crippen molar-refractivity contribution in [2.45, 2.75) is 69.2 Å². The normalized spacial score (nSPS) is 29.8. The molecule has 1 aromatic carbocycles. The summed E-state index contributed by atoms with van der Waals surface area (Å²) in [6.45, 7) is 0.536. The average Bonchev–Trinajstić information content (AvgIpc) is 2.86. The van der Waals surface area contributed by atoms with Gasteiger partial charge in [-0.1, -0.05) is 25.3 Å². The van der Waals surface area contributed by atoms with E-state index in [1.54, 1.807) is 14.1 Å².